The maximum absolute atomic E-state index is 12.7. The third-order valence-corrected chi connectivity index (χ3v) is 7.47. The third-order valence-electron chi connectivity index (χ3n) is 6.35. The summed E-state index contributed by atoms with van der Waals surface area (Å²) in [4.78, 5) is 33.9. The smallest absolute Gasteiger partial charge is 0.262 e. The molecule has 1 aliphatic heterocycles. The molecular formula is C25H32N4O2S. The van der Waals surface area contributed by atoms with Gasteiger partial charge in [-0.2, -0.15) is 0 Å². The van der Waals surface area contributed by atoms with Crippen molar-refractivity contribution >= 4 is 27.5 Å². The summed E-state index contributed by atoms with van der Waals surface area (Å²) in [5.74, 6) is -0.0659. The molecule has 32 heavy (non-hydrogen) atoms. The number of rotatable bonds is 7. The lowest BCUT2D eigenvalue weighted by Gasteiger charge is -2.19. The molecule has 7 heteroatoms. The molecule has 0 aliphatic carbocycles. The predicted molar refractivity (Wildman–Crippen MR) is 130 cm³/mol. The zero-order valence-corrected chi connectivity index (χ0v) is 19.8. The van der Waals surface area contributed by atoms with Crippen molar-refractivity contribution in [2.75, 3.05) is 13.1 Å². The first-order valence-corrected chi connectivity index (χ1v) is 12.3. The van der Waals surface area contributed by atoms with Crippen LogP contribution in [0.3, 0.4) is 0 Å². The zero-order chi connectivity index (χ0) is 22.5. The van der Waals surface area contributed by atoms with Gasteiger partial charge in [0.1, 0.15) is 4.83 Å². The van der Waals surface area contributed by atoms with Crippen molar-refractivity contribution in [3.8, 4) is 0 Å². The lowest BCUT2D eigenvalue weighted by molar-refractivity contribution is -0.121. The summed E-state index contributed by atoms with van der Waals surface area (Å²) in [5.41, 5.74) is 3.33. The first-order valence-electron chi connectivity index (χ1n) is 11.5. The molecule has 1 amide bonds. The Labute approximate surface area is 193 Å². The van der Waals surface area contributed by atoms with E-state index in [9.17, 15) is 9.59 Å². The number of benzene rings is 1. The van der Waals surface area contributed by atoms with Crippen molar-refractivity contribution in [2.45, 2.75) is 65.6 Å². The van der Waals surface area contributed by atoms with Crippen LogP contribution in [-0.2, 0) is 24.4 Å². The van der Waals surface area contributed by atoms with E-state index in [-0.39, 0.29) is 17.9 Å². The SMILES string of the molecule is Cc1sc2ncn(CCC(=O)NCc3ccc(CN4CCCCCC4)cc3)c(=O)c2c1C. The highest BCUT2D eigenvalue weighted by Gasteiger charge is 2.13. The van der Waals surface area contributed by atoms with Crippen LogP contribution in [-0.4, -0.2) is 33.4 Å². The molecule has 1 N–H and O–H groups in total. The normalized spacial score (nSPS) is 15.1. The molecule has 0 spiro atoms. The van der Waals surface area contributed by atoms with Gasteiger partial charge in [0.05, 0.1) is 11.7 Å². The predicted octanol–water partition coefficient (Wildman–Crippen LogP) is 4.16. The standard InChI is InChI=1S/C25H32N4O2S/c1-18-19(2)32-24-23(18)25(31)29(17-27-24)14-11-22(30)26-15-20-7-9-21(10-8-20)16-28-12-5-3-4-6-13-28/h7-10,17H,3-6,11-16H2,1-2H3,(H,26,30). The van der Waals surface area contributed by atoms with E-state index in [1.807, 2.05) is 13.8 Å². The van der Waals surface area contributed by atoms with Gasteiger partial charge < -0.3 is 5.32 Å². The number of fused-ring (bicyclic) bond motifs is 1. The summed E-state index contributed by atoms with van der Waals surface area (Å²) in [5, 5.41) is 3.64. The van der Waals surface area contributed by atoms with E-state index in [1.54, 1.807) is 10.9 Å². The maximum Gasteiger partial charge on any atom is 0.262 e. The summed E-state index contributed by atoms with van der Waals surface area (Å²) < 4.78 is 1.54. The molecule has 0 unspecified atom stereocenters. The molecule has 1 aromatic carbocycles. The topological polar surface area (TPSA) is 67.2 Å². The van der Waals surface area contributed by atoms with Gasteiger partial charge in [-0.25, -0.2) is 4.98 Å². The summed E-state index contributed by atoms with van der Waals surface area (Å²) in [7, 11) is 0. The minimum atomic E-state index is -0.0659. The molecule has 0 radical (unpaired) electrons. The average Bonchev–Trinajstić information content (AvgIpc) is 2.95. The highest BCUT2D eigenvalue weighted by atomic mass is 32.1. The molecular weight excluding hydrogens is 420 g/mol. The Morgan fingerprint density at radius 3 is 2.47 bits per heavy atom. The Hall–Kier alpha value is -2.51. The second-order valence-electron chi connectivity index (χ2n) is 8.74. The van der Waals surface area contributed by atoms with Gasteiger partial charge in [0.25, 0.3) is 5.56 Å². The monoisotopic (exact) mass is 452 g/mol. The van der Waals surface area contributed by atoms with Crippen LogP contribution >= 0.6 is 11.3 Å². The number of aromatic nitrogens is 2. The van der Waals surface area contributed by atoms with Crippen molar-refractivity contribution < 1.29 is 4.79 Å². The molecule has 0 saturated carbocycles. The fourth-order valence-corrected chi connectivity index (χ4v) is 5.24. The van der Waals surface area contributed by atoms with E-state index in [0.717, 1.165) is 27.4 Å². The third kappa shape index (κ3) is 5.45. The Bertz CT molecular complexity index is 1130. The van der Waals surface area contributed by atoms with E-state index in [2.05, 4.69) is 39.5 Å². The van der Waals surface area contributed by atoms with Crippen LogP contribution in [0.5, 0.6) is 0 Å². The van der Waals surface area contributed by atoms with Gasteiger partial charge in [-0.1, -0.05) is 37.1 Å². The van der Waals surface area contributed by atoms with Gasteiger partial charge in [-0.3, -0.25) is 19.1 Å². The number of hydrogen-bond donors (Lipinski definition) is 1. The largest absolute Gasteiger partial charge is 0.352 e. The minimum Gasteiger partial charge on any atom is -0.352 e. The molecule has 4 rings (SSSR count). The van der Waals surface area contributed by atoms with Crippen LogP contribution in [0, 0.1) is 13.8 Å². The molecule has 3 aromatic rings. The number of hydrogen-bond acceptors (Lipinski definition) is 5. The van der Waals surface area contributed by atoms with Gasteiger partial charge >= 0.3 is 0 Å². The number of nitrogens with zero attached hydrogens (tertiary/aromatic N) is 3. The lowest BCUT2D eigenvalue weighted by Crippen LogP contribution is -2.27. The molecule has 1 aliphatic rings. The Kier molecular flexibility index (Phi) is 7.37. The average molecular weight is 453 g/mol. The Morgan fingerprint density at radius 1 is 1.06 bits per heavy atom. The van der Waals surface area contributed by atoms with Gasteiger partial charge in [0.15, 0.2) is 0 Å². The summed E-state index contributed by atoms with van der Waals surface area (Å²) in [6.07, 6.45) is 7.10. The Balaban J connectivity index is 1.27. The highest BCUT2D eigenvalue weighted by molar-refractivity contribution is 7.18. The molecule has 3 heterocycles. The van der Waals surface area contributed by atoms with Crippen molar-refractivity contribution in [2.24, 2.45) is 0 Å². The van der Waals surface area contributed by atoms with Crippen molar-refractivity contribution in [1.29, 1.82) is 0 Å². The van der Waals surface area contributed by atoms with Crippen LogP contribution in [0.25, 0.3) is 10.2 Å². The van der Waals surface area contributed by atoms with Crippen molar-refractivity contribution in [1.82, 2.24) is 19.8 Å². The van der Waals surface area contributed by atoms with Gasteiger partial charge in [-0.15, -0.1) is 11.3 Å². The first kappa shape index (κ1) is 22.7. The maximum atomic E-state index is 12.7. The molecule has 2 aromatic heterocycles. The van der Waals surface area contributed by atoms with Crippen molar-refractivity contribution in [3.05, 3.63) is 62.5 Å². The van der Waals surface area contributed by atoms with Crippen LogP contribution in [0.15, 0.2) is 35.4 Å². The highest BCUT2D eigenvalue weighted by Crippen LogP contribution is 2.25. The first-order chi connectivity index (χ1) is 15.5. The number of thiophene rings is 1. The molecule has 0 bridgehead atoms. The number of amides is 1. The van der Waals surface area contributed by atoms with E-state index in [4.69, 9.17) is 0 Å². The second-order valence-corrected chi connectivity index (χ2v) is 9.94. The van der Waals surface area contributed by atoms with Crippen molar-refractivity contribution in [3.63, 3.8) is 0 Å². The van der Waals surface area contributed by atoms with Gasteiger partial charge in [0, 0.05) is 30.9 Å². The fraction of sp³-hybridized carbons (Fsp3) is 0.480. The number of likely N-dealkylation sites (tertiary alicyclic amines) is 1. The number of carbonyl (C=O) groups is 1. The fourth-order valence-electron chi connectivity index (χ4n) is 4.26. The second kappa shape index (κ2) is 10.4. The summed E-state index contributed by atoms with van der Waals surface area (Å²) in [6, 6.07) is 8.52. The number of nitrogens with one attached hydrogen (secondary N) is 1. The summed E-state index contributed by atoms with van der Waals surface area (Å²) in [6.45, 7) is 8.16. The lowest BCUT2D eigenvalue weighted by atomic mass is 10.1. The number of carbonyl (C=O) groups excluding carboxylic acids is 1. The van der Waals surface area contributed by atoms with Crippen LogP contribution < -0.4 is 10.9 Å². The zero-order valence-electron chi connectivity index (χ0n) is 19.0. The molecule has 1 saturated heterocycles. The van der Waals surface area contributed by atoms with E-state index in [0.29, 0.717) is 18.5 Å². The minimum absolute atomic E-state index is 0.0651. The van der Waals surface area contributed by atoms with Crippen LogP contribution in [0.2, 0.25) is 0 Å². The molecule has 1 fully saturated rings. The van der Waals surface area contributed by atoms with Gasteiger partial charge in [0.2, 0.25) is 5.91 Å². The molecule has 6 nitrogen and oxygen atoms in total. The van der Waals surface area contributed by atoms with Crippen LogP contribution in [0.1, 0.15) is 53.7 Å². The van der Waals surface area contributed by atoms with E-state index >= 15 is 0 Å². The van der Waals surface area contributed by atoms with Crippen LogP contribution in [0.4, 0.5) is 0 Å². The quantitative estimate of drug-likeness (QED) is 0.585. The van der Waals surface area contributed by atoms with E-state index < -0.39 is 0 Å². The Morgan fingerprint density at radius 2 is 1.75 bits per heavy atom. The molecule has 0 atom stereocenters. The summed E-state index contributed by atoms with van der Waals surface area (Å²) >= 11 is 1.54. The molecule has 170 valence electrons. The van der Waals surface area contributed by atoms with Gasteiger partial charge in [-0.05, 0) is 56.5 Å². The van der Waals surface area contributed by atoms with E-state index in [1.165, 1.54) is 55.7 Å². The number of aryl methyl sites for hydroxylation is 3.